The van der Waals surface area contributed by atoms with Gasteiger partial charge in [0.25, 0.3) is 0 Å². The van der Waals surface area contributed by atoms with Gasteiger partial charge in [-0.3, -0.25) is 19.3 Å². The molecule has 330 valence electrons. The van der Waals surface area contributed by atoms with E-state index < -0.39 is 27.8 Å². The molecule has 6 aromatic rings. The van der Waals surface area contributed by atoms with Crippen molar-refractivity contribution in [1.29, 1.82) is 0 Å². The Hall–Kier alpha value is -5.68. The lowest BCUT2D eigenvalue weighted by molar-refractivity contribution is -0.150. The number of carbonyl (C=O) groups excluding carboxylic acids is 3. The number of ether oxygens (including phenoxy) is 2. The van der Waals surface area contributed by atoms with E-state index in [1.165, 1.54) is 15.3 Å². The lowest BCUT2D eigenvalue weighted by atomic mass is 9.80. The number of esters is 1. The predicted molar refractivity (Wildman–Crippen MR) is 264 cm³/mol. The highest BCUT2D eigenvalue weighted by atomic mass is 28.3. The summed E-state index contributed by atoms with van der Waals surface area (Å²) >= 11 is 0. The minimum absolute atomic E-state index is 0.00923. The molecule has 0 unspecified atom stereocenters. The first kappa shape index (κ1) is 46.3. The Morgan fingerprint density at radius 1 is 0.625 bits per heavy atom. The van der Waals surface area contributed by atoms with Crippen LogP contribution in [-0.2, 0) is 36.1 Å². The maximum Gasteiger partial charge on any atom is 0.308 e. The zero-order chi connectivity index (χ0) is 45.2. The highest BCUT2D eigenvalue weighted by Crippen LogP contribution is 2.43. The molecular formula is C56H63NO5Si2. The minimum atomic E-state index is -2.36. The summed E-state index contributed by atoms with van der Waals surface area (Å²) in [5.74, 6) is -0.842. The maximum atomic E-state index is 15.0. The van der Waals surface area contributed by atoms with Crippen LogP contribution in [0.4, 0.5) is 0 Å². The van der Waals surface area contributed by atoms with Gasteiger partial charge in [0.05, 0.1) is 34.7 Å². The van der Waals surface area contributed by atoms with Crippen molar-refractivity contribution in [3.8, 4) is 0 Å². The molecule has 0 saturated carbocycles. The summed E-state index contributed by atoms with van der Waals surface area (Å²) in [4.78, 5) is 44.5. The van der Waals surface area contributed by atoms with Crippen molar-refractivity contribution < 1.29 is 23.9 Å². The summed E-state index contributed by atoms with van der Waals surface area (Å²) in [6.45, 7) is 11.9. The van der Waals surface area contributed by atoms with E-state index in [0.29, 0.717) is 12.8 Å². The van der Waals surface area contributed by atoms with E-state index in [1.54, 1.807) is 0 Å². The smallest absolute Gasteiger partial charge is 0.308 e. The molecule has 0 aromatic heterocycles. The molecule has 1 fully saturated rings. The third-order valence-corrected chi connectivity index (χ3v) is 22.9. The van der Waals surface area contributed by atoms with Gasteiger partial charge in [0, 0.05) is 12.8 Å². The van der Waals surface area contributed by atoms with E-state index >= 15 is 4.79 Å². The molecule has 0 radical (unpaired) electrons. The molecule has 1 heterocycles. The van der Waals surface area contributed by atoms with Gasteiger partial charge in [-0.1, -0.05) is 238 Å². The van der Waals surface area contributed by atoms with Crippen LogP contribution in [0.3, 0.4) is 0 Å². The lowest BCUT2D eigenvalue weighted by Gasteiger charge is -2.40. The molecule has 0 bridgehead atoms. The summed E-state index contributed by atoms with van der Waals surface area (Å²) in [5, 5.41) is 2.56. The molecule has 6 aromatic carbocycles. The third-order valence-electron chi connectivity index (χ3n) is 14.1. The van der Waals surface area contributed by atoms with Crippen LogP contribution in [-0.4, -0.2) is 51.5 Å². The van der Waals surface area contributed by atoms with Crippen molar-refractivity contribution in [2.75, 3.05) is 6.61 Å². The standard InChI is InChI=1S/C56H63NO5Si2/c1-43(55(60)61-41-44-24-12-6-13-25-44)52(64(4,5)50-34-22-11-23-35-50)38-37-51(63(2,3)49-32-20-10-21-33-49)40-54(59)57-48(36-39-53(57)58)42-62-56(45-26-14-7-15-27-45,46-28-16-8-17-29-46)47-30-18-9-19-31-47/h6-35,43,48,51-52H,36-42H2,1-5H3/t43-,48-,51-,52-/m0/s1. The van der Waals surface area contributed by atoms with E-state index in [1.807, 2.05) is 104 Å². The largest absolute Gasteiger partial charge is 0.461 e. The van der Waals surface area contributed by atoms with E-state index in [-0.39, 0.29) is 54.4 Å². The van der Waals surface area contributed by atoms with Crippen LogP contribution < -0.4 is 10.4 Å². The van der Waals surface area contributed by atoms with Gasteiger partial charge in [-0.25, -0.2) is 0 Å². The molecule has 6 nitrogen and oxygen atoms in total. The fraction of sp³-hybridized carbons (Fsp3) is 0.304. The van der Waals surface area contributed by atoms with Crippen LogP contribution in [0.1, 0.15) is 61.3 Å². The average Bonchev–Trinajstić information content (AvgIpc) is 3.72. The number of hydrogen-bond acceptors (Lipinski definition) is 5. The Bertz CT molecular complexity index is 2320. The number of imide groups is 1. The summed E-state index contributed by atoms with van der Waals surface area (Å²) in [7, 11) is -4.66. The van der Waals surface area contributed by atoms with Crippen LogP contribution >= 0.6 is 0 Å². The van der Waals surface area contributed by atoms with Crippen molar-refractivity contribution in [2.45, 2.75) is 94.5 Å². The quantitative estimate of drug-likeness (QED) is 0.0460. The molecular weight excluding hydrogens is 823 g/mol. The van der Waals surface area contributed by atoms with Crippen LogP contribution in [0, 0.1) is 5.92 Å². The zero-order valence-corrected chi connectivity index (χ0v) is 40.1. The SMILES string of the molecule is C[C@H](C(=O)OCc1ccccc1)[C@H](CC[C@@H](CC(=O)N1C(=O)CC[C@H]1COC(c1ccccc1)(c1ccccc1)c1ccccc1)[Si](C)(C)c1ccccc1)[Si](C)(C)c1ccccc1. The highest BCUT2D eigenvalue weighted by molar-refractivity contribution is 6.92. The van der Waals surface area contributed by atoms with E-state index in [2.05, 4.69) is 111 Å². The number of amides is 2. The fourth-order valence-electron chi connectivity index (χ4n) is 10.1. The number of rotatable bonds is 19. The average molecular weight is 886 g/mol. The number of likely N-dealkylation sites (tertiary alicyclic amines) is 1. The normalized spacial score (nSPS) is 15.9. The number of hydrogen-bond donors (Lipinski definition) is 0. The molecule has 0 N–H and O–H groups in total. The van der Waals surface area contributed by atoms with Gasteiger partial charge in [-0.2, -0.15) is 0 Å². The van der Waals surface area contributed by atoms with Gasteiger partial charge in [-0.15, -0.1) is 0 Å². The molecule has 1 aliphatic heterocycles. The van der Waals surface area contributed by atoms with Gasteiger partial charge in [0.1, 0.15) is 12.2 Å². The Kier molecular flexibility index (Phi) is 15.1. The molecule has 4 atom stereocenters. The van der Waals surface area contributed by atoms with Gasteiger partial charge < -0.3 is 9.47 Å². The molecule has 1 saturated heterocycles. The van der Waals surface area contributed by atoms with Crippen LogP contribution in [0.25, 0.3) is 0 Å². The Morgan fingerprint density at radius 2 is 1.06 bits per heavy atom. The molecule has 7 rings (SSSR count). The number of carbonyl (C=O) groups is 3. The van der Waals surface area contributed by atoms with Crippen LogP contribution in [0.2, 0.25) is 37.3 Å². The second-order valence-corrected chi connectivity index (χ2v) is 28.2. The van der Waals surface area contributed by atoms with Crippen molar-refractivity contribution >= 4 is 44.3 Å². The predicted octanol–water partition coefficient (Wildman–Crippen LogP) is 11.0. The number of benzene rings is 6. The highest BCUT2D eigenvalue weighted by Gasteiger charge is 2.46. The Labute approximate surface area is 382 Å². The van der Waals surface area contributed by atoms with E-state index in [0.717, 1.165) is 35.1 Å². The van der Waals surface area contributed by atoms with E-state index in [9.17, 15) is 9.59 Å². The van der Waals surface area contributed by atoms with Gasteiger partial charge >= 0.3 is 5.97 Å². The second-order valence-electron chi connectivity index (χ2n) is 18.6. The van der Waals surface area contributed by atoms with Gasteiger partial charge in [0.15, 0.2) is 0 Å². The number of nitrogens with zero attached hydrogens (tertiary/aromatic N) is 1. The van der Waals surface area contributed by atoms with Gasteiger partial charge in [0.2, 0.25) is 11.8 Å². The molecule has 64 heavy (non-hydrogen) atoms. The third kappa shape index (κ3) is 10.3. The maximum absolute atomic E-state index is 15.0. The first-order chi connectivity index (χ1) is 30.9. The van der Waals surface area contributed by atoms with Crippen molar-refractivity contribution in [2.24, 2.45) is 5.92 Å². The van der Waals surface area contributed by atoms with Crippen LogP contribution in [0.15, 0.2) is 182 Å². The monoisotopic (exact) mass is 885 g/mol. The second kappa shape index (κ2) is 20.9. The Morgan fingerprint density at radius 3 is 1.55 bits per heavy atom. The van der Waals surface area contributed by atoms with Crippen LogP contribution in [0.5, 0.6) is 0 Å². The lowest BCUT2D eigenvalue weighted by Crippen LogP contribution is -2.51. The first-order valence-electron chi connectivity index (χ1n) is 22.9. The topological polar surface area (TPSA) is 72.9 Å². The molecule has 2 amide bonds. The minimum Gasteiger partial charge on any atom is -0.461 e. The van der Waals surface area contributed by atoms with Crippen molar-refractivity contribution in [3.05, 3.63) is 204 Å². The summed E-state index contributed by atoms with van der Waals surface area (Å²) < 4.78 is 13.2. The van der Waals surface area contributed by atoms with Crippen molar-refractivity contribution in [3.63, 3.8) is 0 Å². The summed E-state index contributed by atoms with van der Waals surface area (Å²) in [6, 6.07) is 61.3. The summed E-state index contributed by atoms with van der Waals surface area (Å²) in [5.41, 5.74) is 2.93. The molecule has 0 spiro atoms. The molecule has 1 aliphatic rings. The first-order valence-corrected chi connectivity index (χ1v) is 29.1. The fourth-order valence-corrected chi connectivity index (χ4v) is 16.9. The van der Waals surface area contributed by atoms with Crippen molar-refractivity contribution in [1.82, 2.24) is 4.90 Å². The van der Waals surface area contributed by atoms with E-state index in [4.69, 9.17) is 9.47 Å². The van der Waals surface area contributed by atoms with Gasteiger partial charge in [-0.05, 0) is 39.8 Å². The Balaban J connectivity index is 1.18. The summed E-state index contributed by atoms with van der Waals surface area (Å²) in [6.07, 6.45) is 2.56. The zero-order valence-electron chi connectivity index (χ0n) is 38.1. The molecule has 8 heteroatoms. The molecule has 0 aliphatic carbocycles.